The summed E-state index contributed by atoms with van der Waals surface area (Å²) in [6.07, 6.45) is 5.14. The average molecular weight is 513 g/mol. The first kappa shape index (κ1) is 25.6. The van der Waals surface area contributed by atoms with Crippen LogP contribution < -0.4 is 5.32 Å². The van der Waals surface area contributed by atoms with Crippen LogP contribution in [0.25, 0.3) is 11.3 Å². The first-order chi connectivity index (χ1) is 18.4. The second-order valence-electron chi connectivity index (χ2n) is 9.42. The Morgan fingerprint density at radius 2 is 1.79 bits per heavy atom. The summed E-state index contributed by atoms with van der Waals surface area (Å²) in [7, 11) is 2.07. The van der Waals surface area contributed by atoms with E-state index in [9.17, 15) is 13.6 Å². The van der Waals surface area contributed by atoms with E-state index >= 15 is 0 Å². The molecule has 1 N–H and O–H groups in total. The fourth-order valence-corrected chi connectivity index (χ4v) is 4.38. The number of benzene rings is 2. The molecule has 1 saturated heterocycles. The minimum atomic E-state index is -0.470. The number of halogens is 2. The average Bonchev–Trinajstić information content (AvgIpc) is 2.93. The molecule has 2 aromatic carbocycles. The molecule has 4 aromatic rings. The van der Waals surface area contributed by atoms with Crippen LogP contribution in [0, 0.1) is 11.6 Å². The highest BCUT2D eigenvalue weighted by Crippen LogP contribution is 2.21. The van der Waals surface area contributed by atoms with Crippen molar-refractivity contribution in [2.24, 2.45) is 0 Å². The molecule has 0 bridgehead atoms. The Balaban J connectivity index is 1.26. The molecule has 0 spiro atoms. The maximum Gasteiger partial charge on any atom is 0.255 e. The lowest BCUT2D eigenvalue weighted by Crippen LogP contribution is -2.44. The van der Waals surface area contributed by atoms with Gasteiger partial charge in [0.15, 0.2) is 0 Å². The van der Waals surface area contributed by atoms with Crippen molar-refractivity contribution in [3.8, 4) is 11.3 Å². The summed E-state index contributed by atoms with van der Waals surface area (Å²) >= 11 is 0. The van der Waals surface area contributed by atoms with E-state index in [1.54, 1.807) is 42.9 Å². The lowest BCUT2D eigenvalue weighted by atomic mass is 10.1. The van der Waals surface area contributed by atoms with Gasteiger partial charge >= 0.3 is 0 Å². The number of nitrogens with zero attached hydrogens (tertiary/aromatic N) is 5. The van der Waals surface area contributed by atoms with E-state index in [2.05, 4.69) is 37.1 Å². The van der Waals surface area contributed by atoms with E-state index in [-0.39, 0.29) is 12.0 Å². The summed E-state index contributed by atoms with van der Waals surface area (Å²) in [5, 5.41) is 2.74. The Labute approximate surface area is 220 Å². The van der Waals surface area contributed by atoms with Gasteiger partial charge in [-0.1, -0.05) is 6.07 Å². The van der Waals surface area contributed by atoms with Crippen LogP contribution >= 0.6 is 0 Å². The van der Waals surface area contributed by atoms with Crippen molar-refractivity contribution in [3.63, 3.8) is 0 Å². The van der Waals surface area contributed by atoms with Crippen molar-refractivity contribution < 1.29 is 13.6 Å². The highest BCUT2D eigenvalue weighted by atomic mass is 18.2. The second-order valence-corrected chi connectivity index (χ2v) is 9.42. The molecule has 1 amide bonds. The van der Waals surface area contributed by atoms with Gasteiger partial charge in [0.1, 0.15) is 17.5 Å². The minimum absolute atomic E-state index is 0.138. The number of piperazine rings is 1. The summed E-state index contributed by atoms with van der Waals surface area (Å²) in [5.41, 5.74) is 3.01. The molecule has 1 aliphatic rings. The third-order valence-corrected chi connectivity index (χ3v) is 6.62. The topological polar surface area (TPSA) is 74.2 Å². The van der Waals surface area contributed by atoms with Gasteiger partial charge in [0.05, 0.1) is 5.69 Å². The Morgan fingerprint density at radius 3 is 2.55 bits per heavy atom. The van der Waals surface area contributed by atoms with E-state index in [0.29, 0.717) is 34.9 Å². The summed E-state index contributed by atoms with van der Waals surface area (Å²) in [6.45, 7) is 4.16. The van der Waals surface area contributed by atoms with Crippen molar-refractivity contribution >= 4 is 11.6 Å². The van der Waals surface area contributed by atoms with E-state index in [0.717, 1.165) is 31.7 Å². The molecular formula is C29H28F2N6O. The molecule has 9 heteroatoms. The molecule has 0 aliphatic carbocycles. The van der Waals surface area contributed by atoms with E-state index < -0.39 is 17.5 Å². The lowest BCUT2D eigenvalue weighted by molar-refractivity contribution is 0.102. The van der Waals surface area contributed by atoms with Gasteiger partial charge in [-0.25, -0.2) is 18.7 Å². The molecule has 1 aliphatic heterocycles. The number of hydrogen-bond acceptors (Lipinski definition) is 6. The smallest absolute Gasteiger partial charge is 0.255 e. The van der Waals surface area contributed by atoms with E-state index in [4.69, 9.17) is 0 Å². The highest BCUT2D eigenvalue weighted by molar-refractivity contribution is 6.04. The highest BCUT2D eigenvalue weighted by Gasteiger charge is 2.17. The molecule has 0 atom stereocenters. The van der Waals surface area contributed by atoms with Crippen LogP contribution in [0.1, 0.15) is 27.3 Å². The number of carbonyl (C=O) groups is 1. The predicted molar refractivity (Wildman–Crippen MR) is 142 cm³/mol. The Bertz CT molecular complexity index is 1420. The standard InChI is InChI=1S/C29H28F2N6O/c1-36-11-13-37(14-12-36)19-22-5-4-20(16-26(22)31)29(38)34-24-6-7-25(30)23(15-24)17-28-33-10-8-27(35-28)21-3-2-9-32-18-21/h2-10,15-16,18H,11-14,17,19H2,1H3,(H,34,38)/i30-1,31-1. The zero-order valence-corrected chi connectivity index (χ0v) is 21.1. The number of pyridine rings is 1. The van der Waals surface area contributed by atoms with Gasteiger partial charge in [-0.3, -0.25) is 14.7 Å². The van der Waals surface area contributed by atoms with Gasteiger partial charge in [-0.15, -0.1) is 0 Å². The molecule has 2 aromatic heterocycles. The molecule has 38 heavy (non-hydrogen) atoms. The van der Waals surface area contributed by atoms with Gasteiger partial charge in [0.25, 0.3) is 5.91 Å². The quantitative estimate of drug-likeness (QED) is 0.396. The number of amides is 1. The Hall–Kier alpha value is -4.08. The molecule has 0 unspecified atom stereocenters. The first-order valence-corrected chi connectivity index (χ1v) is 12.5. The normalized spacial score (nSPS) is 14.4. The van der Waals surface area contributed by atoms with Crippen LogP contribution in [0.2, 0.25) is 0 Å². The zero-order chi connectivity index (χ0) is 26.5. The summed E-state index contributed by atoms with van der Waals surface area (Å²) in [6, 6.07) is 14.3. The molecular weight excluding hydrogens is 484 g/mol. The van der Waals surface area contributed by atoms with Crippen LogP contribution in [-0.4, -0.2) is 63.9 Å². The largest absolute Gasteiger partial charge is 0.322 e. The molecule has 1 fully saturated rings. The molecule has 0 saturated carbocycles. The first-order valence-electron chi connectivity index (χ1n) is 12.5. The third kappa shape index (κ3) is 6.24. The van der Waals surface area contributed by atoms with Gasteiger partial charge in [0.2, 0.25) is 0 Å². The van der Waals surface area contributed by atoms with Gasteiger partial charge in [-0.2, -0.15) is 0 Å². The van der Waals surface area contributed by atoms with E-state index in [1.807, 2.05) is 12.1 Å². The van der Waals surface area contributed by atoms with Crippen molar-refractivity contribution in [2.75, 3.05) is 38.5 Å². The van der Waals surface area contributed by atoms with Gasteiger partial charge in [0, 0.05) is 80.1 Å². The van der Waals surface area contributed by atoms with Crippen molar-refractivity contribution in [3.05, 3.63) is 107 Å². The SMILES string of the molecule is CN1CCN(Cc2ccc(C(=O)Nc3ccc([18F])c(Cc4nccc(-c5cccnc5)n4)c3)cc2[18F])CC1. The fourth-order valence-electron chi connectivity index (χ4n) is 4.38. The van der Waals surface area contributed by atoms with E-state index in [1.165, 1.54) is 18.2 Å². The predicted octanol–water partition coefficient (Wildman–Crippen LogP) is 4.41. The van der Waals surface area contributed by atoms with Gasteiger partial charge in [-0.05, 0) is 61.1 Å². The van der Waals surface area contributed by atoms with Crippen molar-refractivity contribution in [2.45, 2.75) is 13.0 Å². The monoisotopic (exact) mass is 512 g/mol. The van der Waals surface area contributed by atoms with Crippen LogP contribution in [0.15, 0.2) is 73.2 Å². The minimum Gasteiger partial charge on any atom is -0.322 e. The number of carbonyl (C=O) groups excluding carboxylic acids is 1. The number of nitrogens with one attached hydrogen (secondary N) is 1. The number of hydrogen-bond donors (Lipinski definition) is 1. The van der Waals surface area contributed by atoms with Crippen LogP contribution in [0.3, 0.4) is 0 Å². The van der Waals surface area contributed by atoms with Crippen LogP contribution in [0.5, 0.6) is 0 Å². The van der Waals surface area contributed by atoms with Crippen LogP contribution in [-0.2, 0) is 13.0 Å². The Morgan fingerprint density at radius 1 is 0.947 bits per heavy atom. The number of anilines is 1. The molecule has 3 heterocycles. The fraction of sp³-hybridized carbons (Fsp3) is 0.241. The maximum absolute atomic E-state index is 14.8. The lowest BCUT2D eigenvalue weighted by Gasteiger charge is -2.32. The van der Waals surface area contributed by atoms with Crippen molar-refractivity contribution in [1.82, 2.24) is 24.8 Å². The number of aromatic nitrogens is 3. The molecule has 194 valence electrons. The number of rotatable bonds is 7. The van der Waals surface area contributed by atoms with Crippen LogP contribution in [0.4, 0.5) is 14.5 Å². The Kier molecular flexibility index (Phi) is 7.76. The zero-order valence-electron chi connectivity index (χ0n) is 21.1. The van der Waals surface area contributed by atoms with Gasteiger partial charge < -0.3 is 10.2 Å². The summed E-state index contributed by atoms with van der Waals surface area (Å²) in [4.78, 5) is 30.2. The second kappa shape index (κ2) is 11.5. The maximum atomic E-state index is 14.8. The molecule has 7 nitrogen and oxygen atoms in total. The van der Waals surface area contributed by atoms with Crippen molar-refractivity contribution in [1.29, 1.82) is 0 Å². The molecule has 0 radical (unpaired) electrons. The molecule has 5 rings (SSSR count). The number of likely N-dealkylation sites (N-methyl/N-ethyl adjacent to an activating group) is 1. The third-order valence-electron chi connectivity index (χ3n) is 6.62. The summed E-state index contributed by atoms with van der Waals surface area (Å²) < 4.78 is 29.4. The summed E-state index contributed by atoms with van der Waals surface area (Å²) in [5.74, 6) is -0.881.